The van der Waals surface area contributed by atoms with E-state index in [0.717, 1.165) is 0 Å². The van der Waals surface area contributed by atoms with Gasteiger partial charge in [-0.2, -0.15) is 0 Å². The molecule has 25 heavy (non-hydrogen) atoms. The number of benzene rings is 1. The second-order valence-electron chi connectivity index (χ2n) is 7.33. The van der Waals surface area contributed by atoms with E-state index in [9.17, 15) is 9.59 Å². The van der Waals surface area contributed by atoms with Crippen LogP contribution in [0.4, 0.5) is 5.69 Å². The minimum absolute atomic E-state index is 0.00661. The Morgan fingerprint density at radius 3 is 2.76 bits per heavy atom. The van der Waals surface area contributed by atoms with Crippen LogP contribution in [0, 0.1) is 11.8 Å². The maximum atomic E-state index is 12.8. The Balaban J connectivity index is 1.42. The van der Waals surface area contributed by atoms with E-state index in [2.05, 4.69) is 16.2 Å². The lowest BCUT2D eigenvalue weighted by Gasteiger charge is -2.23. The van der Waals surface area contributed by atoms with Crippen molar-refractivity contribution in [3.05, 3.63) is 29.3 Å². The van der Waals surface area contributed by atoms with Gasteiger partial charge < -0.3 is 10.2 Å². The van der Waals surface area contributed by atoms with Gasteiger partial charge in [-0.1, -0.05) is 23.7 Å². The fourth-order valence-corrected chi connectivity index (χ4v) is 4.22. The number of rotatable bonds is 4. The molecule has 2 heterocycles. The number of anilines is 1. The molecule has 4 atom stereocenters. The van der Waals surface area contributed by atoms with Crippen molar-refractivity contribution in [2.75, 3.05) is 11.4 Å². The summed E-state index contributed by atoms with van der Waals surface area (Å²) in [7, 11) is 0. The molecule has 2 saturated heterocycles. The zero-order valence-electron chi connectivity index (χ0n) is 14.2. The first-order chi connectivity index (χ1) is 12.0. The first-order valence-corrected chi connectivity index (χ1v) is 9.28. The van der Waals surface area contributed by atoms with Crippen LogP contribution in [-0.4, -0.2) is 36.5 Å². The smallest absolute Gasteiger partial charge is 0.229 e. The number of para-hydroxylation sites is 1. The third-order valence-corrected chi connectivity index (χ3v) is 5.77. The van der Waals surface area contributed by atoms with E-state index in [4.69, 9.17) is 11.6 Å². The predicted octanol–water partition coefficient (Wildman–Crippen LogP) is 1.45. The summed E-state index contributed by atoms with van der Waals surface area (Å²) in [6.07, 6.45) is 2.67. The van der Waals surface area contributed by atoms with E-state index >= 15 is 0 Å². The van der Waals surface area contributed by atoms with Crippen LogP contribution >= 0.6 is 11.6 Å². The van der Waals surface area contributed by atoms with Crippen molar-refractivity contribution in [2.45, 2.75) is 44.3 Å². The summed E-state index contributed by atoms with van der Waals surface area (Å²) in [5.74, 6) is 0.503. The Bertz CT molecular complexity index is 693. The molecule has 2 aliphatic heterocycles. The number of nitrogens with one attached hydrogen (secondary N) is 3. The first kappa shape index (κ1) is 16.8. The van der Waals surface area contributed by atoms with E-state index in [-0.39, 0.29) is 35.9 Å². The summed E-state index contributed by atoms with van der Waals surface area (Å²) in [5, 5.41) is 3.64. The molecule has 2 amide bonds. The highest BCUT2D eigenvalue weighted by atomic mass is 35.5. The Hall–Kier alpha value is -1.63. The van der Waals surface area contributed by atoms with Gasteiger partial charge in [0.25, 0.3) is 0 Å². The van der Waals surface area contributed by atoms with E-state index < -0.39 is 0 Å². The number of hydrogen-bond donors (Lipinski definition) is 3. The Labute approximate surface area is 152 Å². The highest BCUT2D eigenvalue weighted by molar-refractivity contribution is 6.33. The zero-order valence-corrected chi connectivity index (χ0v) is 14.9. The van der Waals surface area contributed by atoms with Gasteiger partial charge in [0.1, 0.15) is 0 Å². The predicted molar refractivity (Wildman–Crippen MR) is 96.1 cm³/mol. The number of carbonyl (C=O) groups is 2. The molecule has 4 unspecified atom stereocenters. The van der Waals surface area contributed by atoms with Crippen LogP contribution in [0.15, 0.2) is 24.3 Å². The largest absolute Gasteiger partial charge is 0.351 e. The number of amides is 2. The maximum absolute atomic E-state index is 12.8. The fraction of sp³-hybridized carbons (Fsp3) is 0.556. The highest BCUT2D eigenvalue weighted by Crippen LogP contribution is 2.38. The lowest BCUT2D eigenvalue weighted by atomic mass is 9.91. The van der Waals surface area contributed by atoms with Gasteiger partial charge in [-0.3, -0.25) is 20.4 Å². The normalized spacial score (nSPS) is 32.2. The van der Waals surface area contributed by atoms with Crippen molar-refractivity contribution in [3.63, 3.8) is 0 Å². The number of hydrazine groups is 1. The summed E-state index contributed by atoms with van der Waals surface area (Å²) in [6, 6.07) is 7.40. The summed E-state index contributed by atoms with van der Waals surface area (Å²) < 4.78 is 0. The summed E-state index contributed by atoms with van der Waals surface area (Å²) in [6.45, 7) is 2.49. The Kier molecular flexibility index (Phi) is 4.43. The van der Waals surface area contributed by atoms with Crippen LogP contribution < -0.4 is 21.1 Å². The standard InChI is InChI=1S/C18H23ClN4O2/c1-10-16(17(22-21-10)11-6-7-11)18(25)20-12-8-15(24)23(9-12)14-5-3-2-4-13(14)19/h2-5,10-12,16-17,21-22H,6-9H2,1H3,(H,20,25). The van der Waals surface area contributed by atoms with Gasteiger partial charge in [0, 0.05) is 25.0 Å². The molecule has 0 bridgehead atoms. The van der Waals surface area contributed by atoms with Crippen LogP contribution in [0.25, 0.3) is 0 Å². The van der Waals surface area contributed by atoms with Crippen molar-refractivity contribution in [1.29, 1.82) is 0 Å². The van der Waals surface area contributed by atoms with E-state index in [0.29, 0.717) is 29.6 Å². The van der Waals surface area contributed by atoms with Gasteiger partial charge in [0.15, 0.2) is 0 Å². The molecule has 4 rings (SSSR count). The van der Waals surface area contributed by atoms with Crippen molar-refractivity contribution in [3.8, 4) is 0 Å². The van der Waals surface area contributed by atoms with Crippen molar-refractivity contribution < 1.29 is 9.59 Å². The van der Waals surface area contributed by atoms with Gasteiger partial charge in [-0.05, 0) is 37.8 Å². The molecule has 0 spiro atoms. The molecule has 3 aliphatic rings. The van der Waals surface area contributed by atoms with Crippen LogP contribution in [0.1, 0.15) is 26.2 Å². The summed E-state index contributed by atoms with van der Waals surface area (Å²) >= 11 is 6.21. The monoisotopic (exact) mass is 362 g/mol. The number of hydrogen-bond acceptors (Lipinski definition) is 4. The highest BCUT2D eigenvalue weighted by Gasteiger charge is 2.47. The minimum atomic E-state index is -0.177. The van der Waals surface area contributed by atoms with Crippen LogP contribution in [0.2, 0.25) is 5.02 Å². The third kappa shape index (κ3) is 3.26. The Morgan fingerprint density at radius 1 is 1.28 bits per heavy atom. The molecule has 1 aromatic rings. The molecule has 1 saturated carbocycles. The fourth-order valence-electron chi connectivity index (χ4n) is 3.98. The van der Waals surface area contributed by atoms with Crippen LogP contribution in [-0.2, 0) is 9.59 Å². The number of carbonyl (C=O) groups excluding carboxylic acids is 2. The van der Waals surface area contributed by atoms with Gasteiger partial charge in [0.05, 0.1) is 22.7 Å². The molecule has 3 N–H and O–H groups in total. The lowest BCUT2D eigenvalue weighted by Crippen LogP contribution is -2.46. The zero-order chi connectivity index (χ0) is 17.6. The van der Waals surface area contributed by atoms with Crippen LogP contribution in [0.5, 0.6) is 0 Å². The second-order valence-corrected chi connectivity index (χ2v) is 7.74. The van der Waals surface area contributed by atoms with Gasteiger partial charge in [-0.25, -0.2) is 0 Å². The molecule has 0 radical (unpaired) electrons. The molecular weight excluding hydrogens is 340 g/mol. The number of halogens is 1. The lowest BCUT2D eigenvalue weighted by molar-refractivity contribution is -0.126. The molecule has 6 nitrogen and oxygen atoms in total. The van der Waals surface area contributed by atoms with Gasteiger partial charge in [0.2, 0.25) is 11.8 Å². The topological polar surface area (TPSA) is 73.5 Å². The minimum Gasteiger partial charge on any atom is -0.351 e. The average molecular weight is 363 g/mol. The van der Waals surface area contributed by atoms with E-state index in [1.807, 2.05) is 25.1 Å². The molecule has 3 fully saturated rings. The van der Waals surface area contributed by atoms with E-state index in [1.165, 1.54) is 12.8 Å². The Morgan fingerprint density at radius 2 is 2.04 bits per heavy atom. The molecule has 7 heteroatoms. The maximum Gasteiger partial charge on any atom is 0.229 e. The number of nitrogens with zero attached hydrogens (tertiary/aromatic N) is 1. The molecule has 1 aliphatic carbocycles. The summed E-state index contributed by atoms with van der Waals surface area (Å²) in [4.78, 5) is 26.9. The molecule has 1 aromatic carbocycles. The van der Waals surface area contributed by atoms with Crippen molar-refractivity contribution in [2.24, 2.45) is 11.8 Å². The van der Waals surface area contributed by atoms with E-state index in [1.54, 1.807) is 11.0 Å². The third-order valence-electron chi connectivity index (χ3n) is 5.45. The molecule has 134 valence electrons. The quantitative estimate of drug-likeness (QED) is 0.758. The van der Waals surface area contributed by atoms with Crippen LogP contribution in [0.3, 0.4) is 0 Å². The average Bonchev–Trinajstić information content (AvgIpc) is 3.26. The van der Waals surface area contributed by atoms with Gasteiger partial charge in [-0.15, -0.1) is 0 Å². The van der Waals surface area contributed by atoms with Crippen molar-refractivity contribution in [1.82, 2.24) is 16.2 Å². The molecule has 0 aromatic heterocycles. The second kappa shape index (κ2) is 6.59. The summed E-state index contributed by atoms with van der Waals surface area (Å²) in [5.41, 5.74) is 7.17. The molecular formula is C18H23ClN4O2. The first-order valence-electron chi connectivity index (χ1n) is 8.91. The SMILES string of the molecule is CC1NNC(C2CC2)C1C(=O)NC1CC(=O)N(c2ccccc2Cl)C1. The van der Waals surface area contributed by atoms with Crippen molar-refractivity contribution >= 4 is 29.1 Å². The van der Waals surface area contributed by atoms with Gasteiger partial charge >= 0.3 is 0 Å².